The Morgan fingerprint density at radius 3 is 2.69 bits per heavy atom. The maximum absolute atomic E-state index is 12.4. The third kappa shape index (κ3) is 4.76. The zero-order chi connectivity index (χ0) is 24.6. The van der Waals surface area contributed by atoms with Gasteiger partial charge < -0.3 is 14.6 Å². The van der Waals surface area contributed by atoms with Crippen molar-refractivity contribution < 1.29 is 9.53 Å². The second-order valence-electron chi connectivity index (χ2n) is 9.92. The summed E-state index contributed by atoms with van der Waals surface area (Å²) in [7, 11) is 0. The maximum atomic E-state index is 12.4. The van der Waals surface area contributed by atoms with Crippen LogP contribution in [0.5, 0.6) is 0 Å². The van der Waals surface area contributed by atoms with Crippen LogP contribution in [-0.2, 0) is 4.74 Å². The molecule has 0 aliphatic carbocycles. The first-order valence-electron chi connectivity index (χ1n) is 11.8. The van der Waals surface area contributed by atoms with Gasteiger partial charge in [0.15, 0.2) is 0 Å². The van der Waals surface area contributed by atoms with Gasteiger partial charge in [-0.05, 0) is 57.4 Å². The molecule has 4 heterocycles. The first-order chi connectivity index (χ1) is 16.8. The lowest BCUT2D eigenvalue weighted by Gasteiger charge is -2.33. The number of carbonyl (C=O) groups excluding carboxylic acids is 1. The molecule has 1 aliphatic heterocycles. The molecule has 0 spiro atoms. The number of hydrogen-bond acceptors (Lipinski definition) is 5. The number of pyridine rings is 1. The number of rotatable bonds is 3. The molecule has 1 aromatic carbocycles. The van der Waals surface area contributed by atoms with Crippen molar-refractivity contribution in [1.29, 1.82) is 5.26 Å². The highest BCUT2D eigenvalue weighted by Gasteiger charge is 2.28. The monoisotopic (exact) mass is 468 g/mol. The number of H-pyrrole nitrogens is 1. The van der Waals surface area contributed by atoms with Gasteiger partial charge in [0.1, 0.15) is 11.2 Å². The number of amides is 1. The average molecular weight is 469 g/mol. The van der Waals surface area contributed by atoms with E-state index in [0.29, 0.717) is 18.7 Å². The molecule has 178 valence electrons. The van der Waals surface area contributed by atoms with Crippen LogP contribution < -0.4 is 0 Å². The van der Waals surface area contributed by atoms with E-state index in [9.17, 15) is 10.1 Å². The maximum Gasteiger partial charge on any atom is 0.410 e. The highest BCUT2D eigenvalue weighted by atomic mass is 16.6. The molecule has 1 amide bonds. The van der Waals surface area contributed by atoms with Crippen LogP contribution in [0.2, 0.25) is 0 Å². The summed E-state index contributed by atoms with van der Waals surface area (Å²) in [5.74, 6) is 0. The van der Waals surface area contributed by atoms with Gasteiger partial charge in [0.2, 0.25) is 0 Å². The standard InChI is InChI=1S/C27H28N6O2/c1-27(2,3)35-26(34)32-9-7-22(8-10-32)33-17-21(15-31-33)20-12-23-24(16-30-25(23)29-14-20)19-6-4-5-18(11-19)13-28/h4-6,11-12,14-17,22H,7-10H2,1-3H3,(H,29,30). The van der Waals surface area contributed by atoms with Crippen molar-refractivity contribution in [3.05, 3.63) is 60.7 Å². The van der Waals surface area contributed by atoms with Crippen molar-refractivity contribution in [3.63, 3.8) is 0 Å². The van der Waals surface area contributed by atoms with Gasteiger partial charge in [-0.2, -0.15) is 10.4 Å². The predicted octanol–water partition coefficient (Wildman–Crippen LogP) is 5.54. The molecule has 1 N–H and O–H groups in total. The smallest absolute Gasteiger partial charge is 0.410 e. The van der Waals surface area contributed by atoms with Gasteiger partial charge in [-0.3, -0.25) is 4.68 Å². The second kappa shape index (κ2) is 8.91. The summed E-state index contributed by atoms with van der Waals surface area (Å²) in [5.41, 5.74) is 4.89. The number of fused-ring (bicyclic) bond motifs is 1. The summed E-state index contributed by atoms with van der Waals surface area (Å²) in [4.78, 5) is 22.0. The van der Waals surface area contributed by atoms with E-state index in [4.69, 9.17) is 4.74 Å². The molecule has 4 aromatic rings. The SMILES string of the molecule is CC(C)(C)OC(=O)N1CCC(n2cc(-c3cnc4[nH]cc(-c5cccc(C#N)c5)c4c3)cn2)CC1. The van der Waals surface area contributed by atoms with Crippen LogP contribution in [0.15, 0.2) is 55.1 Å². The Labute approximate surface area is 204 Å². The Morgan fingerprint density at radius 1 is 1.14 bits per heavy atom. The molecule has 3 aromatic heterocycles. The molecule has 5 rings (SSSR count). The van der Waals surface area contributed by atoms with E-state index in [0.717, 1.165) is 46.1 Å². The number of nitrogens with zero attached hydrogens (tertiary/aromatic N) is 5. The van der Waals surface area contributed by atoms with Gasteiger partial charge in [-0.15, -0.1) is 0 Å². The fraction of sp³-hybridized carbons (Fsp3) is 0.333. The molecular formula is C27H28N6O2. The quantitative estimate of drug-likeness (QED) is 0.426. The van der Waals surface area contributed by atoms with Crippen LogP contribution >= 0.6 is 0 Å². The van der Waals surface area contributed by atoms with Crippen LogP contribution in [0.1, 0.15) is 45.2 Å². The summed E-state index contributed by atoms with van der Waals surface area (Å²) >= 11 is 0. The van der Waals surface area contributed by atoms with E-state index in [1.807, 2.05) is 62.2 Å². The lowest BCUT2D eigenvalue weighted by Crippen LogP contribution is -2.42. The molecule has 1 fully saturated rings. The topological polar surface area (TPSA) is 99.8 Å². The van der Waals surface area contributed by atoms with E-state index in [1.165, 1.54) is 0 Å². The first kappa shape index (κ1) is 22.7. The van der Waals surface area contributed by atoms with E-state index < -0.39 is 5.60 Å². The molecule has 0 bridgehead atoms. The van der Waals surface area contributed by atoms with E-state index in [2.05, 4.69) is 33.4 Å². The molecule has 8 nitrogen and oxygen atoms in total. The van der Waals surface area contributed by atoms with Crippen molar-refractivity contribution in [2.24, 2.45) is 0 Å². The molecule has 1 aliphatic rings. The summed E-state index contributed by atoms with van der Waals surface area (Å²) in [6.45, 7) is 6.95. The molecule has 35 heavy (non-hydrogen) atoms. The molecule has 8 heteroatoms. The molecule has 0 radical (unpaired) electrons. The summed E-state index contributed by atoms with van der Waals surface area (Å²) in [6.07, 6.45) is 9.11. The number of hydrogen-bond donors (Lipinski definition) is 1. The van der Waals surface area contributed by atoms with Gasteiger partial charge in [0.25, 0.3) is 0 Å². The molecule has 1 saturated heterocycles. The van der Waals surface area contributed by atoms with Crippen LogP contribution in [0.4, 0.5) is 4.79 Å². The first-order valence-corrected chi connectivity index (χ1v) is 11.8. The highest BCUT2D eigenvalue weighted by Crippen LogP contribution is 2.32. The Kier molecular flexibility index (Phi) is 5.77. The third-order valence-electron chi connectivity index (χ3n) is 6.26. The van der Waals surface area contributed by atoms with Gasteiger partial charge in [0, 0.05) is 53.8 Å². The van der Waals surface area contributed by atoms with E-state index in [1.54, 1.807) is 11.0 Å². The van der Waals surface area contributed by atoms with Crippen molar-refractivity contribution in [1.82, 2.24) is 24.6 Å². The molecule has 0 saturated carbocycles. The van der Waals surface area contributed by atoms with E-state index >= 15 is 0 Å². The van der Waals surface area contributed by atoms with Crippen LogP contribution in [0.25, 0.3) is 33.3 Å². The number of nitrogens with one attached hydrogen (secondary N) is 1. The Morgan fingerprint density at radius 2 is 1.94 bits per heavy atom. The van der Waals surface area contributed by atoms with Crippen molar-refractivity contribution in [3.8, 4) is 28.3 Å². The Balaban J connectivity index is 1.33. The number of piperidine rings is 1. The van der Waals surface area contributed by atoms with Gasteiger partial charge in [-0.1, -0.05) is 12.1 Å². The summed E-state index contributed by atoms with van der Waals surface area (Å²) in [5, 5.41) is 14.9. The minimum Gasteiger partial charge on any atom is -0.444 e. The molecule has 0 atom stereocenters. The van der Waals surface area contributed by atoms with Crippen LogP contribution in [0.3, 0.4) is 0 Å². The number of aromatic nitrogens is 4. The fourth-order valence-corrected chi connectivity index (χ4v) is 4.48. The Bertz CT molecular complexity index is 1410. The van der Waals surface area contributed by atoms with Gasteiger partial charge in [0.05, 0.1) is 23.9 Å². The van der Waals surface area contributed by atoms with E-state index in [-0.39, 0.29) is 12.1 Å². The minimum absolute atomic E-state index is 0.232. The number of nitriles is 1. The number of aromatic amines is 1. The largest absolute Gasteiger partial charge is 0.444 e. The number of ether oxygens (including phenoxy) is 1. The van der Waals surface area contributed by atoms with Crippen LogP contribution in [0, 0.1) is 11.3 Å². The average Bonchev–Trinajstić information content (AvgIpc) is 3.50. The van der Waals surface area contributed by atoms with Crippen molar-refractivity contribution in [2.75, 3.05) is 13.1 Å². The predicted molar refractivity (Wildman–Crippen MR) is 134 cm³/mol. The molecule has 0 unspecified atom stereocenters. The summed E-state index contributed by atoms with van der Waals surface area (Å²) < 4.78 is 7.50. The number of likely N-dealkylation sites (tertiary alicyclic amines) is 1. The third-order valence-corrected chi connectivity index (χ3v) is 6.26. The lowest BCUT2D eigenvalue weighted by molar-refractivity contribution is 0.0185. The zero-order valence-corrected chi connectivity index (χ0v) is 20.2. The zero-order valence-electron chi connectivity index (χ0n) is 20.2. The fourth-order valence-electron chi connectivity index (χ4n) is 4.48. The second-order valence-corrected chi connectivity index (χ2v) is 9.92. The Hall–Kier alpha value is -4.12. The summed E-state index contributed by atoms with van der Waals surface area (Å²) in [6, 6.07) is 12.1. The lowest BCUT2D eigenvalue weighted by atomic mass is 10.0. The van der Waals surface area contributed by atoms with Gasteiger partial charge >= 0.3 is 6.09 Å². The normalized spacial score (nSPS) is 14.7. The molecular weight excluding hydrogens is 440 g/mol. The van der Waals surface area contributed by atoms with Crippen LogP contribution in [-0.4, -0.2) is 49.4 Å². The minimum atomic E-state index is -0.488. The number of carbonyl (C=O) groups is 1. The van der Waals surface area contributed by atoms with Crippen molar-refractivity contribution >= 4 is 17.1 Å². The highest BCUT2D eigenvalue weighted by molar-refractivity contribution is 5.95. The van der Waals surface area contributed by atoms with Gasteiger partial charge in [-0.25, -0.2) is 9.78 Å². The van der Waals surface area contributed by atoms with Crippen molar-refractivity contribution in [2.45, 2.75) is 45.3 Å². The number of benzene rings is 1.